The molecule has 0 saturated carbocycles. The third-order valence-electron chi connectivity index (χ3n) is 2.71. The van der Waals surface area contributed by atoms with Crippen molar-refractivity contribution in [3.63, 3.8) is 0 Å². The first kappa shape index (κ1) is 12.7. The molecule has 0 saturated heterocycles. The van der Waals surface area contributed by atoms with Gasteiger partial charge in [-0.2, -0.15) is 0 Å². The monoisotopic (exact) mass is 242 g/mol. The zero-order chi connectivity index (χ0) is 13.0. The van der Waals surface area contributed by atoms with Crippen molar-refractivity contribution in [3.05, 3.63) is 54.1 Å². The molecular formula is C16H18O2. The molecular weight excluding hydrogens is 224 g/mol. The number of aliphatic hydroxyl groups is 1. The molecule has 0 heterocycles. The van der Waals surface area contributed by atoms with E-state index in [0.29, 0.717) is 0 Å². The molecule has 0 aliphatic rings. The molecule has 0 atom stereocenters. The highest BCUT2D eigenvalue weighted by molar-refractivity contribution is 5.72. The number of rotatable bonds is 4. The van der Waals surface area contributed by atoms with E-state index in [0.717, 1.165) is 22.4 Å². The van der Waals surface area contributed by atoms with Gasteiger partial charge in [-0.05, 0) is 19.4 Å². The van der Waals surface area contributed by atoms with E-state index >= 15 is 0 Å². The molecule has 0 aliphatic carbocycles. The van der Waals surface area contributed by atoms with Gasteiger partial charge in [0.1, 0.15) is 5.75 Å². The van der Waals surface area contributed by atoms with Crippen LogP contribution in [-0.4, -0.2) is 11.2 Å². The fourth-order valence-electron chi connectivity index (χ4n) is 1.93. The van der Waals surface area contributed by atoms with Gasteiger partial charge in [0.2, 0.25) is 0 Å². The Morgan fingerprint density at radius 1 is 1.00 bits per heavy atom. The largest absolute Gasteiger partial charge is 0.490 e. The lowest BCUT2D eigenvalue weighted by Crippen LogP contribution is -2.08. The lowest BCUT2D eigenvalue weighted by atomic mass is 10.0. The van der Waals surface area contributed by atoms with Crippen LogP contribution in [0.2, 0.25) is 0 Å². The smallest absolute Gasteiger partial charge is 0.133 e. The van der Waals surface area contributed by atoms with Crippen LogP contribution in [0.25, 0.3) is 11.1 Å². The average Bonchev–Trinajstić information content (AvgIpc) is 2.39. The van der Waals surface area contributed by atoms with Crippen LogP contribution in [0, 0.1) is 0 Å². The van der Waals surface area contributed by atoms with Crippen LogP contribution in [0.5, 0.6) is 5.75 Å². The molecule has 94 valence electrons. The molecule has 0 spiro atoms. The summed E-state index contributed by atoms with van der Waals surface area (Å²) in [4.78, 5) is 0. The second-order valence-electron chi connectivity index (χ2n) is 4.48. The van der Waals surface area contributed by atoms with Crippen LogP contribution in [-0.2, 0) is 6.61 Å². The number of aliphatic hydroxyl groups excluding tert-OH is 1. The van der Waals surface area contributed by atoms with Gasteiger partial charge in [-0.25, -0.2) is 0 Å². The van der Waals surface area contributed by atoms with Gasteiger partial charge >= 0.3 is 0 Å². The summed E-state index contributed by atoms with van der Waals surface area (Å²) in [5.74, 6) is 0.779. The first-order valence-electron chi connectivity index (χ1n) is 6.17. The van der Waals surface area contributed by atoms with Gasteiger partial charge in [-0.15, -0.1) is 0 Å². The van der Waals surface area contributed by atoms with Gasteiger partial charge in [0.25, 0.3) is 0 Å². The highest BCUT2D eigenvalue weighted by atomic mass is 16.5. The quantitative estimate of drug-likeness (QED) is 0.887. The molecule has 0 amide bonds. The molecule has 18 heavy (non-hydrogen) atoms. The van der Waals surface area contributed by atoms with Crippen molar-refractivity contribution in [2.24, 2.45) is 0 Å². The topological polar surface area (TPSA) is 29.5 Å². The van der Waals surface area contributed by atoms with Crippen LogP contribution in [0.3, 0.4) is 0 Å². The Labute approximate surface area is 108 Å². The minimum absolute atomic E-state index is 0.0112. The number of hydrogen-bond acceptors (Lipinski definition) is 2. The van der Waals surface area contributed by atoms with Crippen molar-refractivity contribution in [1.29, 1.82) is 0 Å². The molecule has 2 aromatic rings. The Morgan fingerprint density at radius 2 is 1.72 bits per heavy atom. The minimum Gasteiger partial charge on any atom is -0.490 e. The Balaban J connectivity index is 2.52. The van der Waals surface area contributed by atoms with E-state index in [9.17, 15) is 5.11 Å². The molecule has 2 heteroatoms. The van der Waals surface area contributed by atoms with E-state index in [2.05, 4.69) is 0 Å². The molecule has 0 fully saturated rings. The Bertz CT molecular complexity index is 504. The van der Waals surface area contributed by atoms with E-state index in [1.807, 2.05) is 62.4 Å². The summed E-state index contributed by atoms with van der Waals surface area (Å²) in [6.07, 6.45) is 0.0835. The van der Waals surface area contributed by atoms with E-state index in [4.69, 9.17) is 4.74 Å². The summed E-state index contributed by atoms with van der Waals surface area (Å²) < 4.78 is 5.86. The molecule has 0 unspecified atom stereocenters. The SMILES string of the molecule is CC(C)Oc1c(CO)cccc1-c1ccccc1. The summed E-state index contributed by atoms with van der Waals surface area (Å²) in [6, 6.07) is 15.9. The fraction of sp³-hybridized carbons (Fsp3) is 0.250. The molecule has 0 bridgehead atoms. The number of hydrogen-bond donors (Lipinski definition) is 1. The van der Waals surface area contributed by atoms with Crippen LogP contribution in [0.1, 0.15) is 19.4 Å². The molecule has 0 aromatic heterocycles. The summed E-state index contributed by atoms with van der Waals surface area (Å²) in [7, 11) is 0. The van der Waals surface area contributed by atoms with Crippen molar-refractivity contribution in [2.45, 2.75) is 26.6 Å². The zero-order valence-corrected chi connectivity index (χ0v) is 10.8. The number of ether oxygens (including phenoxy) is 1. The van der Waals surface area contributed by atoms with Crippen LogP contribution >= 0.6 is 0 Å². The lowest BCUT2D eigenvalue weighted by molar-refractivity contribution is 0.226. The van der Waals surface area contributed by atoms with Crippen LogP contribution < -0.4 is 4.74 Å². The van der Waals surface area contributed by atoms with E-state index in [1.54, 1.807) is 0 Å². The van der Waals surface area contributed by atoms with E-state index in [-0.39, 0.29) is 12.7 Å². The second-order valence-corrected chi connectivity index (χ2v) is 4.48. The normalized spacial score (nSPS) is 10.7. The average molecular weight is 242 g/mol. The maximum absolute atomic E-state index is 9.42. The summed E-state index contributed by atoms with van der Waals surface area (Å²) >= 11 is 0. The molecule has 0 aliphatic heterocycles. The first-order chi connectivity index (χ1) is 8.72. The third-order valence-corrected chi connectivity index (χ3v) is 2.71. The zero-order valence-electron chi connectivity index (χ0n) is 10.8. The van der Waals surface area contributed by atoms with Crippen molar-refractivity contribution in [1.82, 2.24) is 0 Å². The Hall–Kier alpha value is -1.80. The Morgan fingerprint density at radius 3 is 2.33 bits per heavy atom. The maximum atomic E-state index is 9.42. The second kappa shape index (κ2) is 5.69. The highest BCUT2D eigenvalue weighted by Gasteiger charge is 2.12. The lowest BCUT2D eigenvalue weighted by Gasteiger charge is -2.17. The Kier molecular flexibility index (Phi) is 4.00. The molecule has 1 N–H and O–H groups in total. The number of benzene rings is 2. The molecule has 2 aromatic carbocycles. The first-order valence-corrected chi connectivity index (χ1v) is 6.17. The van der Waals surface area contributed by atoms with Crippen molar-refractivity contribution >= 4 is 0 Å². The predicted molar refractivity (Wildman–Crippen MR) is 73.6 cm³/mol. The van der Waals surface area contributed by atoms with E-state index in [1.165, 1.54) is 0 Å². The fourth-order valence-corrected chi connectivity index (χ4v) is 1.93. The standard InChI is InChI=1S/C16H18O2/c1-12(2)18-16-14(11-17)9-6-10-15(16)13-7-4-3-5-8-13/h3-10,12,17H,11H2,1-2H3. The van der Waals surface area contributed by atoms with Crippen molar-refractivity contribution < 1.29 is 9.84 Å². The van der Waals surface area contributed by atoms with Crippen LogP contribution in [0.15, 0.2) is 48.5 Å². The summed E-state index contributed by atoms with van der Waals surface area (Å²) in [5.41, 5.74) is 2.95. The molecule has 2 nitrogen and oxygen atoms in total. The summed E-state index contributed by atoms with van der Waals surface area (Å²) in [6.45, 7) is 3.97. The summed E-state index contributed by atoms with van der Waals surface area (Å²) in [5, 5.41) is 9.42. The molecule has 2 rings (SSSR count). The highest BCUT2D eigenvalue weighted by Crippen LogP contribution is 2.33. The van der Waals surface area contributed by atoms with E-state index < -0.39 is 0 Å². The van der Waals surface area contributed by atoms with Crippen molar-refractivity contribution in [2.75, 3.05) is 0 Å². The maximum Gasteiger partial charge on any atom is 0.133 e. The number of para-hydroxylation sites is 1. The van der Waals surface area contributed by atoms with Crippen molar-refractivity contribution in [3.8, 4) is 16.9 Å². The minimum atomic E-state index is -0.0112. The van der Waals surface area contributed by atoms with Gasteiger partial charge in [-0.3, -0.25) is 0 Å². The molecule has 0 radical (unpaired) electrons. The van der Waals surface area contributed by atoms with Gasteiger partial charge in [0.15, 0.2) is 0 Å². The third kappa shape index (κ3) is 2.71. The van der Waals surface area contributed by atoms with Gasteiger partial charge in [-0.1, -0.05) is 48.5 Å². The van der Waals surface area contributed by atoms with Gasteiger partial charge in [0.05, 0.1) is 12.7 Å². The van der Waals surface area contributed by atoms with Crippen LogP contribution in [0.4, 0.5) is 0 Å². The van der Waals surface area contributed by atoms with Gasteiger partial charge in [0, 0.05) is 11.1 Å². The van der Waals surface area contributed by atoms with Gasteiger partial charge < -0.3 is 9.84 Å². The predicted octanol–water partition coefficient (Wildman–Crippen LogP) is 3.63.